The highest BCUT2D eigenvalue weighted by atomic mass is 16.6. The molecule has 0 aliphatic rings. The highest BCUT2D eigenvalue weighted by Gasteiger charge is 2.18. The summed E-state index contributed by atoms with van der Waals surface area (Å²) in [4.78, 5) is 21.9. The number of ketones is 1. The van der Waals surface area contributed by atoms with Crippen molar-refractivity contribution < 1.29 is 14.5 Å². The van der Waals surface area contributed by atoms with E-state index in [-0.39, 0.29) is 22.8 Å². The van der Waals surface area contributed by atoms with E-state index in [9.17, 15) is 14.9 Å². The first-order valence-corrected chi connectivity index (χ1v) is 6.58. The summed E-state index contributed by atoms with van der Waals surface area (Å²) < 4.78 is 5.67. The average Bonchev–Trinajstić information content (AvgIpc) is 2.47. The minimum Gasteiger partial charge on any atom is -0.450 e. The summed E-state index contributed by atoms with van der Waals surface area (Å²) in [5.74, 6) is 0.489. The average molecular weight is 285 g/mol. The van der Waals surface area contributed by atoms with Gasteiger partial charge in [-0.05, 0) is 37.1 Å². The number of benzene rings is 2. The Bertz CT molecular complexity index is 694. The first-order valence-electron chi connectivity index (χ1n) is 6.58. The zero-order valence-electron chi connectivity index (χ0n) is 11.8. The number of hydrogen-bond donors (Lipinski definition) is 0. The maximum atomic E-state index is 11.3. The van der Waals surface area contributed by atoms with E-state index in [2.05, 4.69) is 0 Å². The largest absolute Gasteiger partial charge is 0.450 e. The Labute approximate surface area is 122 Å². The van der Waals surface area contributed by atoms with Gasteiger partial charge >= 0.3 is 5.69 Å². The van der Waals surface area contributed by atoms with Gasteiger partial charge in [0, 0.05) is 11.6 Å². The molecule has 0 saturated heterocycles. The molecule has 108 valence electrons. The van der Waals surface area contributed by atoms with Gasteiger partial charge in [-0.1, -0.05) is 25.1 Å². The highest BCUT2D eigenvalue weighted by molar-refractivity contribution is 5.95. The predicted octanol–water partition coefficient (Wildman–Crippen LogP) is 4.15. The summed E-state index contributed by atoms with van der Waals surface area (Å²) in [5.41, 5.74) is 1.04. The fourth-order valence-electron chi connectivity index (χ4n) is 1.98. The molecule has 0 aliphatic heterocycles. The molecule has 0 N–H and O–H groups in total. The number of carbonyl (C=O) groups is 1. The van der Waals surface area contributed by atoms with E-state index < -0.39 is 4.92 Å². The minimum atomic E-state index is -0.545. The van der Waals surface area contributed by atoms with Crippen LogP contribution >= 0.6 is 0 Å². The molecule has 0 fully saturated rings. The van der Waals surface area contributed by atoms with Crippen molar-refractivity contribution >= 4 is 11.5 Å². The van der Waals surface area contributed by atoms with Crippen molar-refractivity contribution in [3.05, 3.63) is 63.7 Å². The molecular weight excluding hydrogens is 270 g/mol. The van der Waals surface area contributed by atoms with Crippen LogP contribution in [0.3, 0.4) is 0 Å². The SMILES string of the molecule is CCc1ccccc1Oc1ccc(C(C)=O)cc1[N+](=O)[O-]. The Balaban J connectivity index is 2.44. The summed E-state index contributed by atoms with van der Waals surface area (Å²) in [7, 11) is 0. The molecule has 0 aliphatic carbocycles. The lowest BCUT2D eigenvalue weighted by Gasteiger charge is -2.10. The van der Waals surface area contributed by atoms with Crippen molar-refractivity contribution in [3.8, 4) is 11.5 Å². The number of nitro benzene ring substituents is 1. The van der Waals surface area contributed by atoms with Gasteiger partial charge in [0.25, 0.3) is 0 Å². The van der Waals surface area contributed by atoms with E-state index in [0.717, 1.165) is 12.0 Å². The minimum absolute atomic E-state index is 0.130. The molecule has 5 heteroatoms. The summed E-state index contributed by atoms with van der Waals surface area (Å²) in [6, 6.07) is 11.6. The summed E-state index contributed by atoms with van der Waals surface area (Å²) in [5, 5.41) is 11.2. The van der Waals surface area contributed by atoms with E-state index in [0.29, 0.717) is 5.75 Å². The summed E-state index contributed by atoms with van der Waals surface area (Å²) in [6.45, 7) is 3.35. The van der Waals surface area contributed by atoms with Crippen molar-refractivity contribution in [1.82, 2.24) is 0 Å². The van der Waals surface area contributed by atoms with Gasteiger partial charge in [-0.25, -0.2) is 0 Å². The van der Waals surface area contributed by atoms with Crippen LogP contribution in [0, 0.1) is 10.1 Å². The number of ether oxygens (including phenoxy) is 1. The van der Waals surface area contributed by atoms with Crippen LogP contribution < -0.4 is 4.74 Å². The van der Waals surface area contributed by atoms with Crippen molar-refractivity contribution in [2.24, 2.45) is 0 Å². The Hall–Kier alpha value is -2.69. The number of Topliss-reactive ketones (excluding diaryl/α,β-unsaturated/α-hetero) is 1. The fourth-order valence-corrected chi connectivity index (χ4v) is 1.98. The number of aryl methyl sites for hydroxylation is 1. The lowest BCUT2D eigenvalue weighted by Crippen LogP contribution is -1.99. The zero-order chi connectivity index (χ0) is 15.4. The molecule has 2 aromatic rings. The second kappa shape index (κ2) is 6.17. The maximum absolute atomic E-state index is 11.3. The third kappa shape index (κ3) is 3.25. The molecule has 0 amide bonds. The van der Waals surface area contributed by atoms with Crippen LogP contribution in [0.1, 0.15) is 29.8 Å². The van der Waals surface area contributed by atoms with Crippen LogP contribution in [0.2, 0.25) is 0 Å². The molecule has 0 aromatic heterocycles. The van der Waals surface area contributed by atoms with E-state index >= 15 is 0 Å². The number of hydrogen-bond acceptors (Lipinski definition) is 4. The monoisotopic (exact) mass is 285 g/mol. The van der Waals surface area contributed by atoms with Crippen molar-refractivity contribution in [1.29, 1.82) is 0 Å². The third-order valence-corrected chi connectivity index (χ3v) is 3.14. The van der Waals surface area contributed by atoms with Gasteiger partial charge < -0.3 is 4.74 Å². The normalized spacial score (nSPS) is 10.2. The lowest BCUT2D eigenvalue weighted by molar-refractivity contribution is -0.385. The molecule has 0 spiro atoms. The quantitative estimate of drug-likeness (QED) is 0.470. The molecular formula is C16H15NO4. The van der Waals surface area contributed by atoms with Crippen LogP contribution in [0.5, 0.6) is 11.5 Å². The number of para-hydroxylation sites is 1. The van der Waals surface area contributed by atoms with Gasteiger partial charge in [-0.15, -0.1) is 0 Å². The van der Waals surface area contributed by atoms with Crippen molar-refractivity contribution in [2.75, 3.05) is 0 Å². The smallest absolute Gasteiger partial charge is 0.312 e. The Morgan fingerprint density at radius 2 is 1.90 bits per heavy atom. The van der Waals surface area contributed by atoms with E-state index in [4.69, 9.17) is 4.74 Å². The fraction of sp³-hybridized carbons (Fsp3) is 0.188. The second-order valence-corrected chi connectivity index (χ2v) is 4.56. The van der Waals surface area contributed by atoms with E-state index in [1.807, 2.05) is 25.1 Å². The number of nitro groups is 1. The standard InChI is InChI=1S/C16H15NO4/c1-3-12-6-4-5-7-15(12)21-16-9-8-13(11(2)18)10-14(16)17(19)20/h4-10H,3H2,1-2H3. The summed E-state index contributed by atoms with van der Waals surface area (Å²) in [6.07, 6.45) is 0.759. The molecule has 0 bridgehead atoms. The molecule has 2 rings (SSSR count). The van der Waals surface area contributed by atoms with Gasteiger partial charge in [0.05, 0.1) is 4.92 Å². The molecule has 5 nitrogen and oxygen atoms in total. The molecule has 21 heavy (non-hydrogen) atoms. The number of carbonyl (C=O) groups excluding carboxylic acids is 1. The van der Waals surface area contributed by atoms with Crippen LogP contribution in [-0.4, -0.2) is 10.7 Å². The van der Waals surface area contributed by atoms with E-state index in [1.54, 1.807) is 6.07 Å². The molecule has 0 atom stereocenters. The highest BCUT2D eigenvalue weighted by Crippen LogP contribution is 2.33. The van der Waals surface area contributed by atoms with Gasteiger partial charge in [0.1, 0.15) is 5.75 Å². The number of rotatable bonds is 5. The van der Waals surface area contributed by atoms with Crippen LogP contribution in [-0.2, 0) is 6.42 Å². The Kier molecular flexibility index (Phi) is 4.33. The predicted molar refractivity (Wildman–Crippen MR) is 79.0 cm³/mol. The molecule has 0 unspecified atom stereocenters. The second-order valence-electron chi connectivity index (χ2n) is 4.56. The van der Waals surface area contributed by atoms with Gasteiger partial charge in [-0.3, -0.25) is 14.9 Å². The zero-order valence-corrected chi connectivity index (χ0v) is 11.8. The van der Waals surface area contributed by atoms with Gasteiger partial charge in [0.2, 0.25) is 5.75 Å². The Morgan fingerprint density at radius 1 is 1.19 bits per heavy atom. The number of nitrogens with zero attached hydrogens (tertiary/aromatic N) is 1. The first kappa shape index (κ1) is 14.7. The van der Waals surface area contributed by atoms with Crippen LogP contribution in [0.25, 0.3) is 0 Å². The van der Waals surface area contributed by atoms with Gasteiger partial charge in [0.15, 0.2) is 5.78 Å². The van der Waals surface area contributed by atoms with Crippen LogP contribution in [0.4, 0.5) is 5.69 Å². The van der Waals surface area contributed by atoms with Crippen LogP contribution in [0.15, 0.2) is 42.5 Å². The first-order chi connectivity index (χ1) is 10.0. The third-order valence-electron chi connectivity index (χ3n) is 3.14. The van der Waals surface area contributed by atoms with Crippen molar-refractivity contribution in [3.63, 3.8) is 0 Å². The molecule has 0 saturated carbocycles. The molecule has 0 heterocycles. The Morgan fingerprint density at radius 3 is 2.52 bits per heavy atom. The lowest BCUT2D eigenvalue weighted by atomic mass is 10.1. The van der Waals surface area contributed by atoms with E-state index in [1.165, 1.54) is 25.1 Å². The van der Waals surface area contributed by atoms with Gasteiger partial charge in [-0.2, -0.15) is 0 Å². The van der Waals surface area contributed by atoms with Crippen molar-refractivity contribution in [2.45, 2.75) is 20.3 Å². The molecule has 0 radical (unpaired) electrons. The summed E-state index contributed by atoms with van der Waals surface area (Å²) >= 11 is 0. The molecule has 2 aromatic carbocycles. The topological polar surface area (TPSA) is 69.4 Å². The maximum Gasteiger partial charge on any atom is 0.312 e.